The number of amides is 1. The Bertz CT molecular complexity index is 226. The highest BCUT2D eigenvalue weighted by atomic mass is 16.2. The maximum Gasteiger partial charge on any atom is 0.236 e. The van der Waals surface area contributed by atoms with Crippen molar-refractivity contribution in [3.05, 3.63) is 12.2 Å². The molecular weight excluding hydrogens is 188 g/mol. The van der Waals surface area contributed by atoms with Crippen LogP contribution in [-0.2, 0) is 4.79 Å². The molecule has 0 saturated carbocycles. The first-order valence-electron chi connectivity index (χ1n) is 5.83. The van der Waals surface area contributed by atoms with Crippen LogP contribution < -0.4 is 5.32 Å². The number of carbonyl (C=O) groups is 1. The Labute approximate surface area is 92.5 Å². The number of allylic oxidation sites excluding steroid dienone is 2. The van der Waals surface area contributed by atoms with Gasteiger partial charge in [0.25, 0.3) is 0 Å². The molecule has 1 rings (SSSR count). The largest absolute Gasteiger partial charge is 0.345 e. The van der Waals surface area contributed by atoms with Crippen LogP contribution in [0.15, 0.2) is 12.2 Å². The Morgan fingerprint density at radius 1 is 1.53 bits per heavy atom. The third kappa shape index (κ3) is 4.47. The summed E-state index contributed by atoms with van der Waals surface area (Å²) in [6.45, 7) is 4.22. The van der Waals surface area contributed by atoms with Gasteiger partial charge < -0.3 is 10.2 Å². The minimum Gasteiger partial charge on any atom is -0.345 e. The average molecular weight is 210 g/mol. The molecule has 0 heterocycles. The van der Waals surface area contributed by atoms with Gasteiger partial charge in [0.2, 0.25) is 5.91 Å². The van der Waals surface area contributed by atoms with Crippen LogP contribution in [0.5, 0.6) is 0 Å². The Morgan fingerprint density at radius 3 is 2.93 bits per heavy atom. The summed E-state index contributed by atoms with van der Waals surface area (Å²) in [5.74, 6) is 0.901. The predicted octanol–water partition coefficient (Wildman–Crippen LogP) is 1.41. The molecule has 1 amide bonds. The highest BCUT2D eigenvalue weighted by molar-refractivity contribution is 5.77. The molecule has 15 heavy (non-hydrogen) atoms. The van der Waals surface area contributed by atoms with Crippen LogP contribution in [0.25, 0.3) is 0 Å². The second-order valence-corrected chi connectivity index (χ2v) is 4.19. The molecule has 0 aromatic carbocycles. The molecule has 3 nitrogen and oxygen atoms in total. The van der Waals surface area contributed by atoms with Crippen LogP contribution in [0.3, 0.4) is 0 Å². The van der Waals surface area contributed by atoms with Gasteiger partial charge in [0, 0.05) is 13.6 Å². The van der Waals surface area contributed by atoms with Gasteiger partial charge in [-0.15, -0.1) is 0 Å². The second kappa shape index (κ2) is 6.62. The first-order chi connectivity index (χ1) is 7.24. The molecule has 1 atom stereocenters. The number of rotatable bonds is 5. The number of likely N-dealkylation sites (N-methyl/N-ethyl adjacent to an activating group) is 1. The van der Waals surface area contributed by atoms with Gasteiger partial charge in [-0.1, -0.05) is 12.2 Å². The van der Waals surface area contributed by atoms with E-state index < -0.39 is 0 Å². The van der Waals surface area contributed by atoms with Gasteiger partial charge in [-0.05, 0) is 38.6 Å². The van der Waals surface area contributed by atoms with Gasteiger partial charge >= 0.3 is 0 Å². The second-order valence-electron chi connectivity index (χ2n) is 4.19. The molecule has 1 unspecified atom stereocenters. The number of nitrogens with zero attached hydrogens (tertiary/aromatic N) is 1. The van der Waals surface area contributed by atoms with Crippen molar-refractivity contribution < 1.29 is 4.79 Å². The fourth-order valence-corrected chi connectivity index (χ4v) is 1.74. The molecule has 0 aromatic rings. The van der Waals surface area contributed by atoms with Crippen LogP contribution in [0.4, 0.5) is 0 Å². The van der Waals surface area contributed by atoms with E-state index in [9.17, 15) is 4.79 Å². The van der Waals surface area contributed by atoms with E-state index in [-0.39, 0.29) is 5.91 Å². The molecular formula is C12H22N2O. The van der Waals surface area contributed by atoms with Gasteiger partial charge in [0.05, 0.1) is 6.54 Å². The van der Waals surface area contributed by atoms with Gasteiger partial charge in [0.1, 0.15) is 0 Å². The predicted molar refractivity (Wildman–Crippen MR) is 62.7 cm³/mol. The lowest BCUT2D eigenvalue weighted by molar-refractivity contribution is -0.128. The summed E-state index contributed by atoms with van der Waals surface area (Å²) in [5, 5.41) is 3.24. The quantitative estimate of drug-likeness (QED) is 0.696. The molecule has 1 aliphatic carbocycles. The Balaban J connectivity index is 2.10. The lowest BCUT2D eigenvalue weighted by atomic mass is 9.94. The molecule has 0 aliphatic heterocycles. The van der Waals surface area contributed by atoms with Crippen LogP contribution in [0.2, 0.25) is 0 Å². The van der Waals surface area contributed by atoms with Crippen molar-refractivity contribution in [2.75, 3.05) is 26.7 Å². The van der Waals surface area contributed by atoms with E-state index in [1.807, 2.05) is 14.0 Å². The van der Waals surface area contributed by atoms with Gasteiger partial charge in [-0.3, -0.25) is 4.79 Å². The van der Waals surface area contributed by atoms with Crippen LogP contribution >= 0.6 is 0 Å². The molecule has 0 radical (unpaired) electrons. The van der Waals surface area contributed by atoms with Crippen LogP contribution in [0.1, 0.15) is 26.2 Å². The van der Waals surface area contributed by atoms with E-state index in [1.54, 1.807) is 4.90 Å². The minimum absolute atomic E-state index is 0.184. The number of carbonyl (C=O) groups excluding carboxylic acids is 1. The zero-order chi connectivity index (χ0) is 11.1. The minimum atomic E-state index is 0.184. The van der Waals surface area contributed by atoms with E-state index in [1.165, 1.54) is 12.8 Å². The first-order valence-corrected chi connectivity index (χ1v) is 5.83. The summed E-state index contributed by atoms with van der Waals surface area (Å²) in [5.41, 5.74) is 0. The van der Waals surface area contributed by atoms with E-state index in [4.69, 9.17) is 0 Å². The summed E-state index contributed by atoms with van der Waals surface area (Å²) in [4.78, 5) is 13.2. The summed E-state index contributed by atoms with van der Waals surface area (Å²) in [6.07, 6.45) is 8.09. The topological polar surface area (TPSA) is 32.3 Å². The third-order valence-electron chi connectivity index (χ3n) is 2.99. The van der Waals surface area contributed by atoms with E-state index in [2.05, 4.69) is 17.5 Å². The zero-order valence-corrected chi connectivity index (χ0v) is 9.83. The number of nitrogens with one attached hydrogen (secondary N) is 1. The van der Waals surface area contributed by atoms with Gasteiger partial charge in [-0.25, -0.2) is 0 Å². The number of hydrogen-bond acceptors (Lipinski definition) is 2. The highest BCUT2D eigenvalue weighted by Gasteiger charge is 2.11. The third-order valence-corrected chi connectivity index (χ3v) is 2.99. The molecule has 0 saturated heterocycles. The summed E-state index contributed by atoms with van der Waals surface area (Å²) in [6, 6.07) is 0. The van der Waals surface area contributed by atoms with Crippen molar-refractivity contribution in [3.63, 3.8) is 0 Å². The lowest BCUT2D eigenvalue weighted by Gasteiger charge is -2.19. The van der Waals surface area contributed by atoms with E-state index in [0.717, 1.165) is 25.4 Å². The summed E-state index contributed by atoms with van der Waals surface area (Å²) >= 11 is 0. The van der Waals surface area contributed by atoms with Crippen molar-refractivity contribution in [3.8, 4) is 0 Å². The summed E-state index contributed by atoms with van der Waals surface area (Å²) in [7, 11) is 1.84. The highest BCUT2D eigenvalue weighted by Crippen LogP contribution is 2.16. The molecule has 0 fully saturated rings. The number of hydrogen-bond donors (Lipinski definition) is 1. The van der Waals surface area contributed by atoms with Gasteiger partial charge in [0.15, 0.2) is 0 Å². The average Bonchev–Trinajstić information content (AvgIpc) is 2.29. The SMILES string of the molecule is CCN(C)C(=O)CNCC1CC=CCC1. The molecule has 1 N–H and O–H groups in total. The first kappa shape index (κ1) is 12.2. The van der Waals surface area contributed by atoms with Crippen molar-refractivity contribution in [2.24, 2.45) is 5.92 Å². The van der Waals surface area contributed by atoms with Crippen molar-refractivity contribution >= 4 is 5.91 Å². The molecule has 86 valence electrons. The van der Waals surface area contributed by atoms with Crippen LogP contribution in [0, 0.1) is 5.92 Å². The fraction of sp³-hybridized carbons (Fsp3) is 0.750. The molecule has 3 heteroatoms. The molecule has 0 bridgehead atoms. The lowest BCUT2D eigenvalue weighted by Crippen LogP contribution is -2.37. The monoisotopic (exact) mass is 210 g/mol. The summed E-state index contributed by atoms with van der Waals surface area (Å²) < 4.78 is 0. The molecule has 0 aromatic heterocycles. The standard InChI is InChI=1S/C12H22N2O/c1-3-14(2)12(15)10-13-9-11-7-5-4-6-8-11/h4-5,11,13H,3,6-10H2,1-2H3. The normalized spacial score (nSPS) is 20.3. The maximum absolute atomic E-state index is 11.5. The van der Waals surface area contributed by atoms with Crippen molar-refractivity contribution in [1.82, 2.24) is 10.2 Å². The van der Waals surface area contributed by atoms with Crippen LogP contribution in [-0.4, -0.2) is 37.5 Å². The fourth-order valence-electron chi connectivity index (χ4n) is 1.74. The van der Waals surface area contributed by atoms with E-state index >= 15 is 0 Å². The Kier molecular flexibility index (Phi) is 5.40. The molecule has 0 spiro atoms. The zero-order valence-electron chi connectivity index (χ0n) is 9.83. The molecule has 1 aliphatic rings. The van der Waals surface area contributed by atoms with Crippen molar-refractivity contribution in [2.45, 2.75) is 26.2 Å². The Morgan fingerprint density at radius 2 is 2.33 bits per heavy atom. The smallest absolute Gasteiger partial charge is 0.236 e. The Hall–Kier alpha value is -0.830. The van der Waals surface area contributed by atoms with E-state index in [0.29, 0.717) is 6.54 Å². The maximum atomic E-state index is 11.5. The van der Waals surface area contributed by atoms with Crippen molar-refractivity contribution in [1.29, 1.82) is 0 Å². The van der Waals surface area contributed by atoms with Gasteiger partial charge in [-0.2, -0.15) is 0 Å².